The number of benzene rings is 1. The van der Waals surface area contributed by atoms with Gasteiger partial charge in [-0.25, -0.2) is 8.78 Å². The number of halogens is 2. The normalized spacial score (nSPS) is 16.5. The van der Waals surface area contributed by atoms with Crippen LogP contribution in [0.5, 0.6) is 11.5 Å². The summed E-state index contributed by atoms with van der Waals surface area (Å²) in [6.45, 7) is 1.08. The van der Waals surface area contributed by atoms with E-state index in [1.54, 1.807) is 0 Å². The summed E-state index contributed by atoms with van der Waals surface area (Å²) in [5.74, 6) is -2.41. The zero-order valence-electron chi connectivity index (χ0n) is 9.95. The van der Waals surface area contributed by atoms with E-state index in [1.807, 2.05) is 0 Å². The molecule has 1 aliphatic heterocycles. The molecule has 0 spiro atoms. The van der Waals surface area contributed by atoms with Crippen LogP contribution in [0, 0.1) is 0 Å². The number of alkyl halides is 2. The van der Waals surface area contributed by atoms with Crippen molar-refractivity contribution >= 4 is 0 Å². The topological polar surface area (TPSA) is 64.7 Å². The second-order valence-electron chi connectivity index (χ2n) is 4.27. The number of hydrogen-bond donors (Lipinski definition) is 2. The van der Waals surface area contributed by atoms with Crippen molar-refractivity contribution in [3.8, 4) is 11.5 Å². The van der Waals surface area contributed by atoms with Crippen molar-refractivity contribution < 1.29 is 23.4 Å². The minimum Gasteiger partial charge on any atom is -0.486 e. The van der Waals surface area contributed by atoms with Crippen LogP contribution in [0.25, 0.3) is 0 Å². The summed E-state index contributed by atoms with van der Waals surface area (Å²) < 4.78 is 37.4. The first kappa shape index (κ1) is 13.0. The molecule has 0 aliphatic carbocycles. The van der Waals surface area contributed by atoms with Gasteiger partial charge in [-0.15, -0.1) is 0 Å². The van der Waals surface area contributed by atoms with Crippen LogP contribution in [0.2, 0.25) is 0 Å². The lowest BCUT2D eigenvalue weighted by molar-refractivity contribution is 0.0167. The van der Waals surface area contributed by atoms with Crippen molar-refractivity contribution in [3.05, 3.63) is 23.3 Å². The van der Waals surface area contributed by atoms with Gasteiger partial charge in [-0.2, -0.15) is 0 Å². The van der Waals surface area contributed by atoms with Gasteiger partial charge in [0.25, 0.3) is 5.92 Å². The molecule has 1 aromatic rings. The number of fused-ring (bicyclic) bond motifs is 1. The SMILES string of the molecule is CC(F)(F)c1cc2c(c(C(N)CO)c1)OCCO2. The maximum absolute atomic E-state index is 13.4. The molecule has 0 saturated heterocycles. The molecule has 3 N–H and O–H groups in total. The molecule has 0 aromatic heterocycles. The lowest BCUT2D eigenvalue weighted by Gasteiger charge is -2.25. The van der Waals surface area contributed by atoms with Crippen molar-refractivity contribution in [1.29, 1.82) is 0 Å². The Bertz CT molecular complexity index is 446. The zero-order chi connectivity index (χ0) is 13.3. The highest BCUT2D eigenvalue weighted by molar-refractivity contribution is 5.52. The highest BCUT2D eigenvalue weighted by atomic mass is 19.3. The lowest BCUT2D eigenvalue weighted by Crippen LogP contribution is -2.22. The fourth-order valence-electron chi connectivity index (χ4n) is 1.81. The van der Waals surface area contributed by atoms with Crippen LogP contribution in [0.15, 0.2) is 12.1 Å². The standard InChI is InChI=1S/C12H15F2NO3/c1-12(13,14)7-4-8(9(15)6-16)11-10(5-7)17-2-3-18-11/h4-5,9,16H,2-3,6,15H2,1H3. The summed E-state index contributed by atoms with van der Waals surface area (Å²) >= 11 is 0. The minimum absolute atomic E-state index is 0.203. The van der Waals surface area contributed by atoms with E-state index in [9.17, 15) is 8.78 Å². The zero-order valence-corrected chi connectivity index (χ0v) is 9.95. The van der Waals surface area contributed by atoms with E-state index in [4.69, 9.17) is 20.3 Å². The first-order valence-electron chi connectivity index (χ1n) is 5.61. The average molecular weight is 259 g/mol. The molecular weight excluding hydrogens is 244 g/mol. The van der Waals surface area contributed by atoms with Crippen molar-refractivity contribution in [2.24, 2.45) is 5.73 Å². The second kappa shape index (κ2) is 4.70. The molecule has 100 valence electrons. The molecule has 1 heterocycles. The molecule has 1 unspecified atom stereocenters. The largest absolute Gasteiger partial charge is 0.486 e. The Morgan fingerprint density at radius 1 is 1.39 bits per heavy atom. The summed E-state index contributed by atoms with van der Waals surface area (Å²) in [5, 5.41) is 9.07. The quantitative estimate of drug-likeness (QED) is 0.864. The van der Waals surface area contributed by atoms with Gasteiger partial charge >= 0.3 is 0 Å². The fourth-order valence-corrected chi connectivity index (χ4v) is 1.81. The molecule has 0 fully saturated rings. The van der Waals surface area contributed by atoms with Crippen LogP contribution >= 0.6 is 0 Å². The number of ether oxygens (including phenoxy) is 2. The molecule has 6 heteroatoms. The molecule has 0 radical (unpaired) electrons. The van der Waals surface area contributed by atoms with Gasteiger partial charge in [0.1, 0.15) is 13.2 Å². The van der Waals surface area contributed by atoms with Crippen molar-refractivity contribution in [2.75, 3.05) is 19.8 Å². The van der Waals surface area contributed by atoms with Gasteiger partial charge in [0.05, 0.1) is 12.6 Å². The average Bonchev–Trinajstić information content (AvgIpc) is 2.35. The highest BCUT2D eigenvalue weighted by Gasteiger charge is 2.30. The van der Waals surface area contributed by atoms with Crippen LogP contribution in [0.1, 0.15) is 24.1 Å². The molecule has 18 heavy (non-hydrogen) atoms. The summed E-state index contributed by atoms with van der Waals surface area (Å²) in [6.07, 6.45) is 0. The minimum atomic E-state index is -3.00. The molecule has 1 aliphatic rings. The first-order chi connectivity index (χ1) is 8.43. The van der Waals surface area contributed by atoms with E-state index in [-0.39, 0.29) is 17.9 Å². The number of aliphatic hydroxyl groups is 1. The summed E-state index contributed by atoms with van der Waals surface area (Å²) in [6, 6.07) is 1.74. The third-order valence-corrected chi connectivity index (χ3v) is 2.77. The molecule has 0 saturated carbocycles. The summed E-state index contributed by atoms with van der Waals surface area (Å²) in [5.41, 5.74) is 5.84. The van der Waals surface area contributed by atoms with Crippen LogP contribution in [-0.2, 0) is 5.92 Å². The van der Waals surface area contributed by atoms with E-state index >= 15 is 0 Å². The maximum atomic E-state index is 13.4. The van der Waals surface area contributed by atoms with Gasteiger partial charge in [0.15, 0.2) is 11.5 Å². The monoisotopic (exact) mass is 259 g/mol. The smallest absolute Gasteiger partial charge is 0.270 e. The van der Waals surface area contributed by atoms with Gasteiger partial charge in [0.2, 0.25) is 0 Å². The first-order valence-corrected chi connectivity index (χ1v) is 5.61. The Balaban J connectivity index is 2.55. The maximum Gasteiger partial charge on any atom is 0.270 e. The number of hydrogen-bond acceptors (Lipinski definition) is 4. The number of aliphatic hydroxyl groups excluding tert-OH is 1. The molecule has 1 atom stereocenters. The van der Waals surface area contributed by atoms with E-state index in [2.05, 4.69) is 0 Å². The third kappa shape index (κ3) is 2.39. The Morgan fingerprint density at radius 2 is 2.06 bits per heavy atom. The predicted molar refractivity (Wildman–Crippen MR) is 61.0 cm³/mol. The number of nitrogens with two attached hydrogens (primary N) is 1. The highest BCUT2D eigenvalue weighted by Crippen LogP contribution is 2.41. The molecule has 0 bridgehead atoms. The third-order valence-electron chi connectivity index (χ3n) is 2.77. The van der Waals surface area contributed by atoms with Crippen LogP contribution in [0.4, 0.5) is 8.78 Å². The van der Waals surface area contributed by atoms with E-state index < -0.39 is 12.0 Å². The molecular formula is C12H15F2NO3. The Labute approximate surface area is 103 Å². The van der Waals surface area contributed by atoms with Gasteiger partial charge in [0, 0.05) is 18.1 Å². The molecule has 0 amide bonds. The molecule has 2 rings (SSSR count). The van der Waals surface area contributed by atoms with Crippen molar-refractivity contribution in [2.45, 2.75) is 18.9 Å². The second-order valence-corrected chi connectivity index (χ2v) is 4.27. The fraction of sp³-hybridized carbons (Fsp3) is 0.500. The number of rotatable bonds is 3. The van der Waals surface area contributed by atoms with E-state index in [1.165, 1.54) is 12.1 Å². The Kier molecular flexibility index (Phi) is 3.41. The summed E-state index contributed by atoms with van der Waals surface area (Å²) in [7, 11) is 0. The molecule has 1 aromatic carbocycles. The van der Waals surface area contributed by atoms with Crippen LogP contribution in [-0.4, -0.2) is 24.9 Å². The van der Waals surface area contributed by atoms with Gasteiger partial charge in [-0.05, 0) is 12.1 Å². The Morgan fingerprint density at radius 3 is 2.67 bits per heavy atom. The Hall–Kier alpha value is -1.40. The van der Waals surface area contributed by atoms with Crippen molar-refractivity contribution in [3.63, 3.8) is 0 Å². The van der Waals surface area contributed by atoms with Crippen molar-refractivity contribution in [1.82, 2.24) is 0 Å². The van der Waals surface area contributed by atoms with E-state index in [0.717, 1.165) is 6.92 Å². The van der Waals surface area contributed by atoms with Gasteiger partial charge in [-0.1, -0.05) is 0 Å². The summed E-state index contributed by atoms with van der Waals surface area (Å²) in [4.78, 5) is 0. The van der Waals surface area contributed by atoms with Crippen LogP contribution < -0.4 is 15.2 Å². The van der Waals surface area contributed by atoms with Gasteiger partial charge < -0.3 is 20.3 Å². The molecule has 4 nitrogen and oxygen atoms in total. The van der Waals surface area contributed by atoms with Crippen LogP contribution in [0.3, 0.4) is 0 Å². The predicted octanol–water partition coefficient (Wildman–Crippen LogP) is 1.56. The van der Waals surface area contributed by atoms with E-state index in [0.29, 0.717) is 24.5 Å². The van der Waals surface area contributed by atoms with Gasteiger partial charge in [-0.3, -0.25) is 0 Å². The lowest BCUT2D eigenvalue weighted by atomic mass is 9.99.